The van der Waals surface area contributed by atoms with Gasteiger partial charge in [0.2, 0.25) is 5.91 Å². The highest BCUT2D eigenvalue weighted by molar-refractivity contribution is 7.92. The highest BCUT2D eigenvalue weighted by Crippen LogP contribution is 2.59. The van der Waals surface area contributed by atoms with Gasteiger partial charge in [-0.15, -0.1) is 0 Å². The largest absolute Gasteiger partial charge is 0.435 e. The van der Waals surface area contributed by atoms with Crippen molar-refractivity contribution < 1.29 is 53.1 Å². The smallest absolute Gasteiger partial charge is 0.381 e. The third-order valence-corrected chi connectivity index (χ3v) is 11.4. The van der Waals surface area contributed by atoms with Gasteiger partial charge in [-0.2, -0.15) is 26.3 Å². The van der Waals surface area contributed by atoms with E-state index in [1.807, 2.05) is 0 Å². The van der Waals surface area contributed by atoms with Crippen molar-refractivity contribution in [1.29, 1.82) is 0 Å². The maximum atomic E-state index is 14.9. The lowest BCUT2D eigenvalue weighted by atomic mass is 9.74. The molecule has 0 unspecified atom stereocenters. The summed E-state index contributed by atoms with van der Waals surface area (Å²) in [5, 5.41) is 2.85. The molecule has 0 bridgehead atoms. The quantitative estimate of drug-likeness (QED) is 0.235. The maximum absolute atomic E-state index is 14.9. The zero-order valence-electron chi connectivity index (χ0n) is 22.5. The van der Waals surface area contributed by atoms with E-state index in [4.69, 9.17) is 4.74 Å². The number of sulfone groups is 1. The fourth-order valence-electron chi connectivity index (χ4n) is 6.74. The van der Waals surface area contributed by atoms with Gasteiger partial charge in [-0.05, 0) is 73.9 Å². The summed E-state index contributed by atoms with van der Waals surface area (Å²) in [6.45, 7) is 0.900. The van der Waals surface area contributed by atoms with Gasteiger partial charge >= 0.3 is 18.0 Å². The summed E-state index contributed by atoms with van der Waals surface area (Å²) < 4.78 is 142. The predicted octanol–water partition coefficient (Wildman–Crippen LogP) is 6.36. The van der Waals surface area contributed by atoms with Gasteiger partial charge < -0.3 is 10.1 Å². The Bertz CT molecular complexity index is 1510. The fourth-order valence-corrected chi connectivity index (χ4v) is 9.21. The summed E-state index contributed by atoms with van der Waals surface area (Å²) in [6, 6.07) is 4.77. The normalized spacial score (nSPS) is 24.7. The highest BCUT2D eigenvalue weighted by Gasteiger charge is 2.73. The molecule has 3 atom stereocenters. The van der Waals surface area contributed by atoms with Crippen molar-refractivity contribution in [1.82, 2.24) is 5.32 Å². The van der Waals surface area contributed by atoms with Crippen molar-refractivity contribution in [3.8, 4) is 0 Å². The number of hydrogen-bond acceptors (Lipinski definition) is 4. The molecule has 0 aromatic heterocycles. The Balaban J connectivity index is 1.61. The summed E-state index contributed by atoms with van der Waals surface area (Å²) in [7, 11) is -4.48. The first kappa shape index (κ1) is 31.4. The second kappa shape index (κ2) is 10.9. The van der Waals surface area contributed by atoms with Crippen LogP contribution in [0.1, 0.15) is 48.8 Å². The van der Waals surface area contributed by atoms with Crippen LogP contribution in [0.15, 0.2) is 59.0 Å². The van der Waals surface area contributed by atoms with Crippen LogP contribution in [0.4, 0.5) is 35.1 Å². The standard InChI is InChI=1S/C29H27F8NO4S/c30-20-3-5-21(6-4-20)43(40,41)26-12-9-24(38-25(39)15-17-10-13-42-14-11-17)23(26)7-1-18-16-19(2-8-22(18)26)27(31,28(32,33)34)29(35,36)37/h2-6,8,15-16,23-24H,1,7,9-14H2,(H,38,39)/t23-,24+,26+/m0/s1. The van der Waals surface area contributed by atoms with E-state index in [2.05, 4.69) is 5.32 Å². The van der Waals surface area contributed by atoms with Crippen LogP contribution >= 0.6 is 0 Å². The number of rotatable bonds is 5. The van der Waals surface area contributed by atoms with Crippen LogP contribution in [0.25, 0.3) is 0 Å². The van der Waals surface area contributed by atoms with Crippen LogP contribution in [0.2, 0.25) is 0 Å². The van der Waals surface area contributed by atoms with E-state index in [9.17, 15) is 48.3 Å². The van der Waals surface area contributed by atoms with Crippen molar-refractivity contribution in [2.24, 2.45) is 5.92 Å². The molecule has 43 heavy (non-hydrogen) atoms. The zero-order valence-corrected chi connectivity index (χ0v) is 23.3. The van der Waals surface area contributed by atoms with Gasteiger partial charge in [0.15, 0.2) is 9.84 Å². The second-order valence-electron chi connectivity index (χ2n) is 11.1. The minimum Gasteiger partial charge on any atom is -0.381 e. The van der Waals surface area contributed by atoms with Crippen LogP contribution in [-0.2, 0) is 36.2 Å². The number of amides is 1. The number of carbonyl (C=O) groups is 1. The topological polar surface area (TPSA) is 72.5 Å². The molecule has 14 heteroatoms. The summed E-state index contributed by atoms with van der Waals surface area (Å²) in [4.78, 5) is 12.6. The van der Waals surface area contributed by atoms with E-state index in [1.165, 1.54) is 6.08 Å². The zero-order chi connectivity index (χ0) is 31.4. The van der Waals surface area contributed by atoms with Gasteiger partial charge in [-0.25, -0.2) is 17.2 Å². The summed E-state index contributed by atoms with van der Waals surface area (Å²) in [5.41, 5.74) is -6.78. The van der Waals surface area contributed by atoms with E-state index in [-0.39, 0.29) is 41.7 Å². The first-order valence-corrected chi connectivity index (χ1v) is 15.0. The van der Waals surface area contributed by atoms with Crippen molar-refractivity contribution >= 4 is 15.7 Å². The monoisotopic (exact) mass is 637 g/mol. The Kier molecular flexibility index (Phi) is 7.94. The van der Waals surface area contributed by atoms with Gasteiger partial charge in [0.25, 0.3) is 0 Å². The Morgan fingerprint density at radius 3 is 2.14 bits per heavy atom. The maximum Gasteiger partial charge on any atom is 0.435 e. The van der Waals surface area contributed by atoms with Crippen LogP contribution in [0.3, 0.4) is 0 Å². The van der Waals surface area contributed by atoms with E-state index in [0.29, 0.717) is 38.2 Å². The molecule has 2 aliphatic carbocycles. The summed E-state index contributed by atoms with van der Waals surface area (Å²) >= 11 is 0. The van der Waals surface area contributed by atoms with E-state index in [1.54, 1.807) is 0 Å². The van der Waals surface area contributed by atoms with Crippen molar-refractivity contribution in [3.05, 3.63) is 76.6 Å². The lowest BCUT2D eigenvalue weighted by molar-refractivity contribution is -0.348. The van der Waals surface area contributed by atoms with Crippen LogP contribution in [-0.4, -0.2) is 45.9 Å². The van der Waals surface area contributed by atoms with Gasteiger partial charge in [-0.1, -0.05) is 23.8 Å². The molecule has 2 aromatic carbocycles. The van der Waals surface area contributed by atoms with Crippen molar-refractivity contribution in [3.63, 3.8) is 0 Å². The number of halogens is 8. The average Bonchev–Trinajstić information content (AvgIpc) is 3.31. The Hall–Kier alpha value is -3.00. The molecule has 5 nitrogen and oxygen atoms in total. The molecular formula is C29H27F8NO4S. The SMILES string of the molecule is O=C(C=C1CCOCC1)N[C@@H]1CC[C@@]2(S(=O)(=O)c3ccc(F)cc3)c3ccc(C(F)(C(F)(F)F)C(F)(F)F)cc3CC[C@@H]12. The minimum atomic E-state index is -6.34. The van der Waals surface area contributed by atoms with E-state index >= 15 is 0 Å². The molecule has 1 saturated carbocycles. The summed E-state index contributed by atoms with van der Waals surface area (Å²) in [6.07, 6.45) is -10.4. The molecule has 2 aromatic rings. The first-order valence-electron chi connectivity index (χ1n) is 13.6. The third kappa shape index (κ3) is 5.13. The molecule has 234 valence electrons. The number of nitrogens with one attached hydrogen (secondary N) is 1. The lowest BCUT2D eigenvalue weighted by Gasteiger charge is -2.43. The number of alkyl halides is 7. The molecule has 1 amide bonds. The number of fused-ring (bicyclic) bond motifs is 3. The highest BCUT2D eigenvalue weighted by atomic mass is 32.2. The Morgan fingerprint density at radius 2 is 1.53 bits per heavy atom. The van der Waals surface area contributed by atoms with Gasteiger partial charge in [0, 0.05) is 23.6 Å². The molecule has 1 aliphatic heterocycles. The van der Waals surface area contributed by atoms with Crippen molar-refractivity contribution in [2.75, 3.05) is 13.2 Å². The van der Waals surface area contributed by atoms with Gasteiger partial charge in [-0.3, -0.25) is 4.79 Å². The van der Waals surface area contributed by atoms with E-state index in [0.717, 1.165) is 35.9 Å². The van der Waals surface area contributed by atoms with Gasteiger partial charge in [0.05, 0.1) is 18.1 Å². The molecule has 0 radical (unpaired) electrons. The van der Waals surface area contributed by atoms with Crippen LogP contribution < -0.4 is 5.32 Å². The van der Waals surface area contributed by atoms with Gasteiger partial charge in [0.1, 0.15) is 10.6 Å². The molecule has 1 N–H and O–H groups in total. The number of ether oxygens (including phenoxy) is 1. The van der Waals surface area contributed by atoms with Crippen molar-refractivity contribution in [2.45, 2.75) is 72.2 Å². The molecule has 2 fully saturated rings. The Labute approximate surface area is 242 Å². The molecule has 1 heterocycles. The summed E-state index contributed by atoms with van der Waals surface area (Å²) in [5.74, 6) is -2.02. The molecule has 5 rings (SSSR count). The molecule has 1 saturated heterocycles. The Morgan fingerprint density at radius 1 is 0.907 bits per heavy atom. The van der Waals surface area contributed by atoms with Crippen LogP contribution in [0.5, 0.6) is 0 Å². The molecular weight excluding hydrogens is 610 g/mol. The fraction of sp³-hybridized carbons (Fsp3) is 0.483. The third-order valence-electron chi connectivity index (χ3n) is 8.78. The van der Waals surface area contributed by atoms with Crippen LogP contribution in [0, 0.1) is 11.7 Å². The average molecular weight is 638 g/mol. The molecule has 0 spiro atoms. The minimum absolute atomic E-state index is 0.0381. The first-order chi connectivity index (χ1) is 20.0. The number of carbonyl (C=O) groups excluding carboxylic acids is 1. The number of hydrogen-bond donors (Lipinski definition) is 1. The lowest BCUT2D eigenvalue weighted by Crippen LogP contribution is -2.51. The second-order valence-corrected chi connectivity index (χ2v) is 13.3. The van der Waals surface area contributed by atoms with E-state index < -0.39 is 61.9 Å². The number of benzene rings is 2. The number of aryl methyl sites for hydroxylation is 1. The predicted molar refractivity (Wildman–Crippen MR) is 138 cm³/mol. The molecule has 3 aliphatic rings.